The van der Waals surface area contributed by atoms with Crippen LogP contribution in [0.15, 0.2) is 12.1 Å². The molecule has 1 aromatic rings. The zero-order chi connectivity index (χ0) is 11.7. The Morgan fingerprint density at radius 1 is 1.27 bits per heavy atom. The minimum atomic E-state index is 0.656. The molecule has 0 aliphatic rings. The lowest BCUT2D eigenvalue weighted by Crippen LogP contribution is -2.02. The number of anilines is 1. The molecule has 86 valence electrons. The van der Waals surface area contributed by atoms with Gasteiger partial charge in [-0.15, -0.1) is 0 Å². The predicted octanol–water partition coefficient (Wildman–Crippen LogP) is 3.25. The van der Waals surface area contributed by atoms with E-state index in [4.69, 9.17) is 4.74 Å². The van der Waals surface area contributed by atoms with Crippen LogP contribution in [-0.4, -0.2) is 18.1 Å². The molecule has 0 atom stereocenters. The minimum absolute atomic E-state index is 0.656. The first-order valence-corrected chi connectivity index (χ1v) is 5.62. The molecule has 0 saturated carbocycles. The molecule has 1 aromatic heterocycles. The summed E-state index contributed by atoms with van der Waals surface area (Å²) in [5.41, 5.74) is 1.07. The summed E-state index contributed by atoms with van der Waals surface area (Å²) in [7, 11) is 0. The second-order valence-corrected chi connectivity index (χ2v) is 2.78. The number of pyridine rings is 1. The first-order valence-electron chi connectivity index (χ1n) is 5.62. The average molecular weight is 210 g/mol. The Morgan fingerprint density at radius 2 is 1.93 bits per heavy atom. The van der Waals surface area contributed by atoms with Crippen LogP contribution in [0, 0.1) is 6.92 Å². The summed E-state index contributed by atoms with van der Waals surface area (Å²) < 4.78 is 5.37. The van der Waals surface area contributed by atoms with E-state index >= 15 is 0 Å². The number of aryl methyl sites for hydroxylation is 1. The number of ether oxygens (including phenoxy) is 1. The van der Waals surface area contributed by atoms with E-state index in [0.29, 0.717) is 6.61 Å². The van der Waals surface area contributed by atoms with Crippen molar-refractivity contribution in [1.82, 2.24) is 4.98 Å². The van der Waals surface area contributed by atoms with Crippen LogP contribution >= 0.6 is 0 Å². The van der Waals surface area contributed by atoms with E-state index in [2.05, 4.69) is 10.3 Å². The van der Waals surface area contributed by atoms with Crippen LogP contribution < -0.4 is 10.1 Å². The number of hydrogen-bond acceptors (Lipinski definition) is 3. The van der Waals surface area contributed by atoms with Gasteiger partial charge in [-0.25, -0.2) is 0 Å². The SMILES string of the molecule is CC.CCNc1ccc(C)c(OCC)n1. The fraction of sp³-hybridized carbons (Fsp3) is 0.583. The maximum Gasteiger partial charge on any atom is 0.218 e. The Kier molecular flexibility index (Phi) is 7.42. The quantitative estimate of drug-likeness (QED) is 0.828. The first kappa shape index (κ1) is 13.8. The summed E-state index contributed by atoms with van der Waals surface area (Å²) in [6.07, 6.45) is 0. The standard InChI is InChI=1S/C10H16N2O.C2H6/c1-4-11-9-7-6-8(3)10(12-9)13-5-2;1-2/h6-7H,4-5H2,1-3H3,(H,11,12);1-2H3. The molecule has 0 amide bonds. The number of hydrogen-bond donors (Lipinski definition) is 1. The number of nitrogens with one attached hydrogen (secondary N) is 1. The molecule has 0 aromatic carbocycles. The van der Waals surface area contributed by atoms with Crippen molar-refractivity contribution in [3.05, 3.63) is 17.7 Å². The highest BCUT2D eigenvalue weighted by Crippen LogP contribution is 2.17. The third kappa shape index (κ3) is 4.68. The van der Waals surface area contributed by atoms with Gasteiger partial charge < -0.3 is 10.1 Å². The van der Waals surface area contributed by atoms with Crippen molar-refractivity contribution in [1.29, 1.82) is 0 Å². The molecule has 3 nitrogen and oxygen atoms in total. The van der Waals surface area contributed by atoms with Crippen molar-refractivity contribution >= 4 is 5.82 Å². The Balaban J connectivity index is 0.000000921. The van der Waals surface area contributed by atoms with E-state index in [-0.39, 0.29) is 0 Å². The molecule has 0 radical (unpaired) electrons. The highest BCUT2D eigenvalue weighted by Gasteiger charge is 2.01. The van der Waals surface area contributed by atoms with Crippen LogP contribution in [0.4, 0.5) is 5.82 Å². The molecule has 0 fully saturated rings. The summed E-state index contributed by atoms with van der Waals surface area (Å²) in [5, 5.41) is 3.14. The molecule has 0 spiro atoms. The van der Waals surface area contributed by atoms with Crippen molar-refractivity contribution in [3.63, 3.8) is 0 Å². The molecule has 0 saturated heterocycles. The molecule has 15 heavy (non-hydrogen) atoms. The van der Waals surface area contributed by atoms with Gasteiger partial charge in [-0.2, -0.15) is 4.98 Å². The van der Waals surface area contributed by atoms with E-state index in [1.165, 1.54) is 0 Å². The zero-order valence-electron chi connectivity index (χ0n) is 10.4. The number of nitrogens with zero attached hydrogens (tertiary/aromatic N) is 1. The number of aromatic nitrogens is 1. The van der Waals surface area contributed by atoms with Gasteiger partial charge in [0.15, 0.2) is 0 Å². The van der Waals surface area contributed by atoms with Crippen LogP contribution in [0.5, 0.6) is 5.88 Å². The molecule has 1 rings (SSSR count). The van der Waals surface area contributed by atoms with Crippen LogP contribution in [-0.2, 0) is 0 Å². The topological polar surface area (TPSA) is 34.1 Å². The smallest absolute Gasteiger partial charge is 0.218 e. The van der Waals surface area contributed by atoms with Crippen LogP contribution in [0.3, 0.4) is 0 Å². The molecular weight excluding hydrogens is 188 g/mol. The molecular formula is C12H22N2O. The first-order chi connectivity index (χ1) is 7.27. The highest BCUT2D eigenvalue weighted by atomic mass is 16.5. The summed E-state index contributed by atoms with van der Waals surface area (Å²) >= 11 is 0. The molecule has 0 bridgehead atoms. The normalized spacial score (nSPS) is 8.87. The third-order valence-electron chi connectivity index (χ3n) is 1.69. The lowest BCUT2D eigenvalue weighted by atomic mass is 10.3. The average Bonchev–Trinajstić information content (AvgIpc) is 2.27. The molecule has 1 heterocycles. The fourth-order valence-electron chi connectivity index (χ4n) is 1.07. The van der Waals surface area contributed by atoms with E-state index in [1.54, 1.807) is 0 Å². The summed E-state index contributed by atoms with van der Waals surface area (Å²) in [6, 6.07) is 3.97. The summed E-state index contributed by atoms with van der Waals surface area (Å²) in [4.78, 5) is 4.32. The van der Waals surface area contributed by atoms with Gasteiger partial charge in [-0.1, -0.05) is 19.9 Å². The minimum Gasteiger partial charge on any atom is -0.478 e. The summed E-state index contributed by atoms with van der Waals surface area (Å²) in [5.74, 6) is 1.59. The molecule has 0 aliphatic heterocycles. The van der Waals surface area contributed by atoms with Crippen LogP contribution in [0.2, 0.25) is 0 Å². The van der Waals surface area contributed by atoms with Gasteiger partial charge >= 0.3 is 0 Å². The highest BCUT2D eigenvalue weighted by molar-refractivity contribution is 5.40. The van der Waals surface area contributed by atoms with Crippen molar-refractivity contribution in [2.45, 2.75) is 34.6 Å². The number of rotatable bonds is 4. The lowest BCUT2D eigenvalue weighted by Gasteiger charge is -2.08. The molecule has 0 unspecified atom stereocenters. The van der Waals surface area contributed by atoms with E-state index in [9.17, 15) is 0 Å². The van der Waals surface area contributed by atoms with Crippen molar-refractivity contribution in [2.24, 2.45) is 0 Å². The molecule has 3 heteroatoms. The predicted molar refractivity (Wildman–Crippen MR) is 65.7 cm³/mol. The summed E-state index contributed by atoms with van der Waals surface area (Å²) in [6.45, 7) is 11.5. The van der Waals surface area contributed by atoms with Gasteiger partial charge in [-0.05, 0) is 26.8 Å². The Hall–Kier alpha value is -1.25. The maximum atomic E-state index is 5.37. The van der Waals surface area contributed by atoms with Gasteiger partial charge in [0.05, 0.1) is 6.61 Å². The van der Waals surface area contributed by atoms with Crippen LogP contribution in [0.25, 0.3) is 0 Å². The maximum absolute atomic E-state index is 5.37. The van der Waals surface area contributed by atoms with Gasteiger partial charge in [0.25, 0.3) is 0 Å². The molecule has 1 N–H and O–H groups in total. The Labute approximate surface area is 92.9 Å². The largest absolute Gasteiger partial charge is 0.478 e. The van der Waals surface area contributed by atoms with Gasteiger partial charge in [0, 0.05) is 12.1 Å². The van der Waals surface area contributed by atoms with Crippen molar-refractivity contribution in [3.8, 4) is 5.88 Å². The van der Waals surface area contributed by atoms with Crippen molar-refractivity contribution < 1.29 is 4.74 Å². The lowest BCUT2D eigenvalue weighted by molar-refractivity contribution is 0.325. The Morgan fingerprint density at radius 3 is 2.47 bits per heavy atom. The van der Waals surface area contributed by atoms with Crippen molar-refractivity contribution in [2.75, 3.05) is 18.5 Å². The second-order valence-electron chi connectivity index (χ2n) is 2.78. The van der Waals surface area contributed by atoms with E-state index in [0.717, 1.165) is 23.8 Å². The monoisotopic (exact) mass is 210 g/mol. The van der Waals surface area contributed by atoms with E-state index in [1.807, 2.05) is 46.8 Å². The second kappa shape index (κ2) is 8.09. The van der Waals surface area contributed by atoms with E-state index < -0.39 is 0 Å². The fourth-order valence-corrected chi connectivity index (χ4v) is 1.07. The van der Waals surface area contributed by atoms with Gasteiger partial charge in [-0.3, -0.25) is 0 Å². The zero-order valence-corrected chi connectivity index (χ0v) is 10.4. The Bertz CT molecular complexity index is 274. The van der Waals surface area contributed by atoms with Crippen LogP contribution in [0.1, 0.15) is 33.3 Å². The molecule has 0 aliphatic carbocycles. The third-order valence-corrected chi connectivity index (χ3v) is 1.69. The van der Waals surface area contributed by atoms with Gasteiger partial charge in [0.1, 0.15) is 5.82 Å². The van der Waals surface area contributed by atoms with Gasteiger partial charge in [0.2, 0.25) is 5.88 Å².